The molecule has 1 aliphatic heterocycles. The van der Waals surface area contributed by atoms with Gasteiger partial charge in [0, 0.05) is 17.8 Å². The lowest BCUT2D eigenvalue weighted by atomic mass is 10.0. The Balaban J connectivity index is 1.73. The normalized spacial score (nSPS) is 15.2. The SMILES string of the molecule is CCc1cccc(C)c1NC(=O)NCC(c1ccccc1OC)N1CCCC1. The first kappa shape index (κ1) is 20.2. The van der Waals surface area contributed by atoms with Crippen molar-refractivity contribution in [3.8, 4) is 5.75 Å². The largest absolute Gasteiger partial charge is 0.496 e. The predicted octanol–water partition coefficient (Wildman–Crippen LogP) is 4.52. The Morgan fingerprint density at radius 1 is 1.14 bits per heavy atom. The highest BCUT2D eigenvalue weighted by Gasteiger charge is 2.26. The summed E-state index contributed by atoms with van der Waals surface area (Å²) in [4.78, 5) is 15.1. The second kappa shape index (κ2) is 9.60. The number of aryl methyl sites for hydroxylation is 2. The van der Waals surface area contributed by atoms with Gasteiger partial charge in [0.2, 0.25) is 0 Å². The van der Waals surface area contributed by atoms with Gasteiger partial charge in [-0.05, 0) is 56.5 Å². The Morgan fingerprint density at radius 3 is 2.61 bits per heavy atom. The van der Waals surface area contributed by atoms with Gasteiger partial charge in [-0.1, -0.05) is 43.3 Å². The number of hydrogen-bond donors (Lipinski definition) is 2. The number of benzene rings is 2. The second-order valence-electron chi connectivity index (χ2n) is 7.30. The number of amides is 2. The average Bonchev–Trinajstić information content (AvgIpc) is 3.24. The number of ether oxygens (including phenoxy) is 1. The van der Waals surface area contributed by atoms with E-state index < -0.39 is 0 Å². The number of para-hydroxylation sites is 2. The zero-order chi connectivity index (χ0) is 19.9. The summed E-state index contributed by atoms with van der Waals surface area (Å²) in [5, 5.41) is 6.15. The monoisotopic (exact) mass is 381 g/mol. The molecule has 0 saturated carbocycles. The summed E-state index contributed by atoms with van der Waals surface area (Å²) < 4.78 is 5.58. The molecule has 2 N–H and O–H groups in total. The van der Waals surface area contributed by atoms with E-state index in [1.807, 2.05) is 37.3 Å². The fourth-order valence-corrected chi connectivity index (χ4v) is 3.98. The van der Waals surface area contributed by atoms with Crippen LogP contribution < -0.4 is 15.4 Å². The molecule has 0 radical (unpaired) electrons. The van der Waals surface area contributed by atoms with Crippen LogP contribution in [-0.4, -0.2) is 37.7 Å². The molecule has 1 unspecified atom stereocenters. The highest BCUT2D eigenvalue weighted by Crippen LogP contribution is 2.31. The molecule has 1 heterocycles. The van der Waals surface area contributed by atoms with Gasteiger partial charge in [-0.15, -0.1) is 0 Å². The highest BCUT2D eigenvalue weighted by molar-refractivity contribution is 5.91. The van der Waals surface area contributed by atoms with Crippen molar-refractivity contribution >= 4 is 11.7 Å². The molecule has 2 amide bonds. The zero-order valence-electron chi connectivity index (χ0n) is 17.1. The molecule has 2 aromatic rings. The van der Waals surface area contributed by atoms with E-state index in [1.54, 1.807) is 7.11 Å². The lowest BCUT2D eigenvalue weighted by Crippen LogP contribution is -2.39. The number of nitrogens with one attached hydrogen (secondary N) is 2. The second-order valence-corrected chi connectivity index (χ2v) is 7.30. The summed E-state index contributed by atoms with van der Waals surface area (Å²) in [5.74, 6) is 0.869. The van der Waals surface area contributed by atoms with Gasteiger partial charge in [-0.3, -0.25) is 4.90 Å². The predicted molar refractivity (Wildman–Crippen MR) is 114 cm³/mol. The standard InChI is InChI=1S/C23H31N3O2/c1-4-18-11-9-10-17(2)22(18)25-23(27)24-16-20(26-14-7-8-15-26)19-12-5-6-13-21(19)28-3/h5-6,9-13,20H,4,7-8,14-16H2,1-3H3,(H2,24,25,27). The number of anilines is 1. The van der Waals surface area contributed by atoms with Crippen molar-refractivity contribution in [1.29, 1.82) is 0 Å². The van der Waals surface area contributed by atoms with E-state index in [4.69, 9.17) is 4.74 Å². The van der Waals surface area contributed by atoms with E-state index in [0.717, 1.165) is 47.6 Å². The molecule has 0 aliphatic carbocycles. The van der Waals surface area contributed by atoms with Crippen LogP contribution in [0.25, 0.3) is 0 Å². The topological polar surface area (TPSA) is 53.6 Å². The van der Waals surface area contributed by atoms with Crippen molar-refractivity contribution in [2.45, 2.75) is 39.2 Å². The van der Waals surface area contributed by atoms with Crippen LogP contribution in [0.1, 0.15) is 42.5 Å². The van der Waals surface area contributed by atoms with E-state index in [1.165, 1.54) is 12.8 Å². The van der Waals surface area contributed by atoms with Crippen molar-refractivity contribution in [2.24, 2.45) is 0 Å². The summed E-state index contributed by atoms with van der Waals surface area (Å²) in [5.41, 5.74) is 4.26. The first-order chi connectivity index (χ1) is 13.6. The first-order valence-electron chi connectivity index (χ1n) is 10.1. The van der Waals surface area contributed by atoms with Gasteiger partial charge in [-0.25, -0.2) is 4.79 Å². The molecule has 1 saturated heterocycles. The van der Waals surface area contributed by atoms with Crippen LogP contribution in [-0.2, 0) is 6.42 Å². The van der Waals surface area contributed by atoms with Crippen LogP contribution >= 0.6 is 0 Å². The number of urea groups is 1. The lowest BCUT2D eigenvalue weighted by Gasteiger charge is -2.29. The van der Waals surface area contributed by atoms with Crippen molar-refractivity contribution in [1.82, 2.24) is 10.2 Å². The van der Waals surface area contributed by atoms with E-state index in [9.17, 15) is 4.79 Å². The van der Waals surface area contributed by atoms with Gasteiger partial charge in [0.25, 0.3) is 0 Å². The van der Waals surface area contributed by atoms with Gasteiger partial charge < -0.3 is 15.4 Å². The fraction of sp³-hybridized carbons (Fsp3) is 0.435. The molecule has 1 aliphatic rings. The molecule has 5 heteroatoms. The third-order valence-electron chi connectivity index (χ3n) is 5.51. The molecule has 28 heavy (non-hydrogen) atoms. The van der Waals surface area contributed by atoms with Gasteiger partial charge >= 0.3 is 6.03 Å². The first-order valence-corrected chi connectivity index (χ1v) is 10.1. The van der Waals surface area contributed by atoms with Crippen LogP contribution in [0, 0.1) is 6.92 Å². The zero-order valence-corrected chi connectivity index (χ0v) is 17.1. The van der Waals surface area contributed by atoms with Gasteiger partial charge in [0.1, 0.15) is 5.75 Å². The summed E-state index contributed by atoms with van der Waals surface area (Å²) in [6.07, 6.45) is 3.27. The maximum Gasteiger partial charge on any atom is 0.319 e. The quantitative estimate of drug-likeness (QED) is 0.741. The highest BCUT2D eigenvalue weighted by atomic mass is 16.5. The Hall–Kier alpha value is -2.53. The van der Waals surface area contributed by atoms with E-state index in [0.29, 0.717) is 6.54 Å². The number of carbonyl (C=O) groups is 1. The maximum atomic E-state index is 12.7. The van der Waals surface area contributed by atoms with Crippen molar-refractivity contribution in [2.75, 3.05) is 32.1 Å². The van der Waals surface area contributed by atoms with E-state index in [-0.39, 0.29) is 12.1 Å². The maximum absolute atomic E-state index is 12.7. The Morgan fingerprint density at radius 2 is 1.89 bits per heavy atom. The number of rotatable bonds is 7. The molecule has 5 nitrogen and oxygen atoms in total. The van der Waals surface area contributed by atoms with Crippen LogP contribution in [0.5, 0.6) is 5.75 Å². The minimum Gasteiger partial charge on any atom is -0.496 e. The third-order valence-corrected chi connectivity index (χ3v) is 5.51. The van der Waals surface area contributed by atoms with Crippen molar-refractivity contribution in [3.63, 3.8) is 0 Å². The lowest BCUT2D eigenvalue weighted by molar-refractivity contribution is 0.224. The minimum absolute atomic E-state index is 0.104. The van der Waals surface area contributed by atoms with E-state index >= 15 is 0 Å². The number of nitrogens with zero attached hydrogens (tertiary/aromatic N) is 1. The average molecular weight is 382 g/mol. The van der Waals surface area contributed by atoms with Gasteiger partial charge in [0.05, 0.1) is 13.2 Å². The Bertz CT molecular complexity index is 800. The summed E-state index contributed by atoms with van der Waals surface area (Å²) in [6.45, 7) is 6.76. The molecular weight excluding hydrogens is 350 g/mol. The number of carbonyl (C=O) groups excluding carboxylic acids is 1. The fourth-order valence-electron chi connectivity index (χ4n) is 3.98. The summed E-state index contributed by atoms with van der Waals surface area (Å²) in [6, 6.07) is 14.1. The van der Waals surface area contributed by atoms with E-state index in [2.05, 4.69) is 34.6 Å². The van der Waals surface area contributed by atoms with Crippen LogP contribution in [0.3, 0.4) is 0 Å². The molecule has 0 bridgehead atoms. The Kier molecular flexibility index (Phi) is 6.93. The molecule has 3 rings (SSSR count). The van der Waals surface area contributed by atoms with Crippen LogP contribution in [0.15, 0.2) is 42.5 Å². The Labute approximate surface area is 168 Å². The van der Waals surface area contributed by atoms with Crippen molar-refractivity contribution < 1.29 is 9.53 Å². The van der Waals surface area contributed by atoms with Gasteiger partial charge in [0.15, 0.2) is 0 Å². The molecule has 0 aromatic heterocycles. The summed E-state index contributed by atoms with van der Waals surface area (Å²) >= 11 is 0. The molecular formula is C23H31N3O2. The third kappa shape index (κ3) is 4.65. The van der Waals surface area contributed by atoms with Gasteiger partial charge in [-0.2, -0.15) is 0 Å². The number of likely N-dealkylation sites (tertiary alicyclic amines) is 1. The smallest absolute Gasteiger partial charge is 0.319 e. The molecule has 0 spiro atoms. The molecule has 1 fully saturated rings. The number of methoxy groups -OCH3 is 1. The minimum atomic E-state index is -0.164. The molecule has 2 aromatic carbocycles. The van der Waals surface area contributed by atoms with Crippen molar-refractivity contribution in [3.05, 3.63) is 59.2 Å². The summed E-state index contributed by atoms with van der Waals surface area (Å²) in [7, 11) is 1.70. The van der Waals surface area contributed by atoms with Crippen LogP contribution in [0.2, 0.25) is 0 Å². The molecule has 1 atom stereocenters. The van der Waals surface area contributed by atoms with Crippen LogP contribution in [0.4, 0.5) is 10.5 Å². The number of hydrogen-bond acceptors (Lipinski definition) is 3. The molecule has 150 valence electrons.